The van der Waals surface area contributed by atoms with Gasteiger partial charge in [0.1, 0.15) is 23.4 Å². The third kappa shape index (κ3) is 5.45. The summed E-state index contributed by atoms with van der Waals surface area (Å²) in [6.45, 7) is 5.80. The van der Waals surface area contributed by atoms with Gasteiger partial charge < -0.3 is 23.7 Å². The molecule has 2 saturated heterocycles. The minimum Gasteiger partial charge on any atom is -0.480 e. The fraction of sp³-hybridized carbons (Fsp3) is 0.394. The lowest BCUT2D eigenvalue weighted by Gasteiger charge is -2.32. The van der Waals surface area contributed by atoms with Gasteiger partial charge in [-0.2, -0.15) is 0 Å². The largest absolute Gasteiger partial charge is 0.480 e. The van der Waals surface area contributed by atoms with Crippen molar-refractivity contribution in [2.45, 2.75) is 71.1 Å². The molecule has 3 heterocycles. The van der Waals surface area contributed by atoms with E-state index in [1.54, 1.807) is 0 Å². The van der Waals surface area contributed by atoms with Crippen molar-refractivity contribution in [3.8, 4) is 17.2 Å². The van der Waals surface area contributed by atoms with Crippen molar-refractivity contribution in [2.75, 3.05) is 13.2 Å². The van der Waals surface area contributed by atoms with Crippen LogP contribution < -0.4 is 14.2 Å². The summed E-state index contributed by atoms with van der Waals surface area (Å²) in [6, 6.07) is 23.0. The minimum absolute atomic E-state index is 0.183. The summed E-state index contributed by atoms with van der Waals surface area (Å²) < 4.78 is 30.8. The lowest BCUT2D eigenvalue weighted by atomic mass is 9.86. The molecular formula is C33H36O5. The topological polar surface area (TPSA) is 46.2 Å². The molecule has 3 aromatic rings. The van der Waals surface area contributed by atoms with Gasteiger partial charge in [-0.3, -0.25) is 0 Å². The molecule has 0 N–H and O–H groups in total. The maximum atomic E-state index is 6.77. The highest BCUT2D eigenvalue weighted by Crippen LogP contribution is 2.48. The second kappa shape index (κ2) is 11.2. The monoisotopic (exact) mass is 512 g/mol. The molecule has 0 bridgehead atoms. The fourth-order valence-electron chi connectivity index (χ4n) is 5.50. The molecule has 0 saturated carbocycles. The van der Waals surface area contributed by atoms with Crippen molar-refractivity contribution in [1.82, 2.24) is 0 Å². The molecule has 3 aliphatic heterocycles. The Hall–Kier alpha value is -3.28. The average Bonchev–Trinajstić information content (AvgIpc) is 2.94. The zero-order chi connectivity index (χ0) is 25.9. The standard InChI is InChI=1S/C33H36O5/c1-22-12-14-24(15-13-22)33-32(25-8-7-9-26(20-25)36-30-10-3-5-18-34-30)23(2)28-17-16-27(21-29(28)38-33)37-31-11-4-6-19-35-31/h7-9,12-17,20-21,30-31,33H,3-6,10-11,18-19H2,1-2H3. The zero-order valence-corrected chi connectivity index (χ0v) is 22.3. The highest BCUT2D eigenvalue weighted by Gasteiger charge is 2.30. The summed E-state index contributed by atoms with van der Waals surface area (Å²) in [4.78, 5) is 0. The first kappa shape index (κ1) is 25.0. The molecule has 0 spiro atoms. The van der Waals surface area contributed by atoms with Crippen molar-refractivity contribution in [3.63, 3.8) is 0 Å². The molecule has 0 radical (unpaired) electrons. The fourth-order valence-corrected chi connectivity index (χ4v) is 5.50. The second-order valence-electron chi connectivity index (χ2n) is 10.5. The van der Waals surface area contributed by atoms with Crippen molar-refractivity contribution in [3.05, 3.63) is 89.0 Å². The third-order valence-electron chi connectivity index (χ3n) is 7.60. The zero-order valence-electron chi connectivity index (χ0n) is 22.3. The highest BCUT2D eigenvalue weighted by molar-refractivity contribution is 5.95. The predicted octanol–water partition coefficient (Wildman–Crippen LogP) is 7.87. The van der Waals surface area contributed by atoms with E-state index < -0.39 is 0 Å². The van der Waals surface area contributed by atoms with Crippen molar-refractivity contribution >= 4 is 11.1 Å². The van der Waals surface area contributed by atoms with Crippen molar-refractivity contribution < 1.29 is 23.7 Å². The highest BCUT2D eigenvalue weighted by atomic mass is 16.7. The molecular weight excluding hydrogens is 476 g/mol. The molecule has 0 aliphatic carbocycles. The molecule has 0 aromatic heterocycles. The summed E-state index contributed by atoms with van der Waals surface area (Å²) in [7, 11) is 0. The Bertz CT molecular complexity index is 1280. The van der Waals surface area contributed by atoms with Crippen molar-refractivity contribution in [2.24, 2.45) is 0 Å². The van der Waals surface area contributed by atoms with Gasteiger partial charge in [-0.25, -0.2) is 0 Å². The van der Waals surface area contributed by atoms with Crippen LogP contribution in [-0.2, 0) is 9.47 Å². The van der Waals surface area contributed by atoms with Crippen LogP contribution in [0.2, 0.25) is 0 Å². The van der Waals surface area contributed by atoms with Gasteiger partial charge in [-0.15, -0.1) is 0 Å². The molecule has 6 rings (SSSR count). The van der Waals surface area contributed by atoms with Gasteiger partial charge in [-0.1, -0.05) is 42.0 Å². The Morgan fingerprint density at radius 1 is 0.711 bits per heavy atom. The molecule has 0 amide bonds. The molecule has 3 aliphatic rings. The number of aryl methyl sites for hydroxylation is 1. The maximum Gasteiger partial charge on any atom is 0.199 e. The van der Waals surface area contributed by atoms with Crippen LogP contribution >= 0.6 is 0 Å². The minimum atomic E-state index is -0.259. The molecule has 3 atom stereocenters. The van der Waals surface area contributed by atoms with E-state index in [1.165, 1.54) is 11.1 Å². The van der Waals surface area contributed by atoms with Crippen LogP contribution in [0.5, 0.6) is 17.2 Å². The smallest absolute Gasteiger partial charge is 0.199 e. The van der Waals surface area contributed by atoms with Crippen molar-refractivity contribution in [1.29, 1.82) is 0 Å². The molecule has 2 fully saturated rings. The normalized spacial score (nSPS) is 23.4. The van der Waals surface area contributed by atoms with E-state index in [-0.39, 0.29) is 18.7 Å². The average molecular weight is 513 g/mol. The molecule has 3 unspecified atom stereocenters. The maximum absolute atomic E-state index is 6.77. The van der Waals surface area contributed by atoms with Crippen LogP contribution in [0.25, 0.3) is 11.1 Å². The summed E-state index contributed by atoms with van der Waals surface area (Å²) in [5.41, 5.74) is 6.81. The molecule has 38 heavy (non-hydrogen) atoms. The van der Waals surface area contributed by atoms with E-state index in [0.717, 1.165) is 91.3 Å². The number of hydrogen-bond acceptors (Lipinski definition) is 5. The number of ether oxygens (including phenoxy) is 5. The van der Waals surface area contributed by atoms with Crippen LogP contribution in [-0.4, -0.2) is 25.8 Å². The molecule has 5 nitrogen and oxygen atoms in total. The Kier molecular flexibility index (Phi) is 7.39. The lowest BCUT2D eigenvalue weighted by Crippen LogP contribution is -2.25. The summed E-state index contributed by atoms with van der Waals surface area (Å²) in [5.74, 6) is 2.42. The van der Waals surface area contributed by atoms with Gasteiger partial charge in [0, 0.05) is 30.0 Å². The van der Waals surface area contributed by atoms with Gasteiger partial charge in [-0.05, 0) is 80.5 Å². The van der Waals surface area contributed by atoms with Gasteiger partial charge in [0.05, 0.1) is 13.2 Å². The number of benzene rings is 3. The predicted molar refractivity (Wildman–Crippen MR) is 148 cm³/mol. The second-order valence-corrected chi connectivity index (χ2v) is 10.5. The van der Waals surface area contributed by atoms with E-state index in [4.69, 9.17) is 23.7 Å². The SMILES string of the molecule is CC1=C(c2cccc(OC3CCCCO3)c2)C(c2ccc(C)cc2)Oc2cc(OC3CCCCO3)ccc21. The van der Waals surface area contributed by atoms with Gasteiger partial charge in [0.2, 0.25) is 0 Å². The quantitative estimate of drug-likeness (QED) is 0.336. The van der Waals surface area contributed by atoms with E-state index in [0.29, 0.717) is 0 Å². The van der Waals surface area contributed by atoms with E-state index in [1.807, 2.05) is 18.2 Å². The number of fused-ring (bicyclic) bond motifs is 1. The number of allylic oxidation sites excluding steroid dienone is 1. The van der Waals surface area contributed by atoms with Crippen LogP contribution in [0.15, 0.2) is 66.7 Å². The molecule has 5 heteroatoms. The Labute approximate surface area is 225 Å². The lowest BCUT2D eigenvalue weighted by molar-refractivity contribution is -0.106. The van der Waals surface area contributed by atoms with Crippen LogP contribution in [0, 0.1) is 6.92 Å². The van der Waals surface area contributed by atoms with E-state index in [2.05, 4.69) is 62.4 Å². The van der Waals surface area contributed by atoms with E-state index in [9.17, 15) is 0 Å². The third-order valence-corrected chi connectivity index (χ3v) is 7.60. The van der Waals surface area contributed by atoms with Crippen LogP contribution in [0.3, 0.4) is 0 Å². The van der Waals surface area contributed by atoms with E-state index >= 15 is 0 Å². The Morgan fingerprint density at radius 3 is 2.05 bits per heavy atom. The van der Waals surface area contributed by atoms with Gasteiger partial charge in [0.15, 0.2) is 12.6 Å². The van der Waals surface area contributed by atoms with Gasteiger partial charge >= 0.3 is 0 Å². The first-order valence-corrected chi connectivity index (χ1v) is 13.9. The van der Waals surface area contributed by atoms with Crippen LogP contribution in [0.1, 0.15) is 73.8 Å². The first-order chi connectivity index (χ1) is 18.6. The van der Waals surface area contributed by atoms with Crippen LogP contribution in [0.4, 0.5) is 0 Å². The first-order valence-electron chi connectivity index (χ1n) is 13.9. The molecule has 3 aromatic carbocycles. The Morgan fingerprint density at radius 2 is 1.39 bits per heavy atom. The summed E-state index contributed by atoms with van der Waals surface area (Å²) in [6.07, 6.45) is 5.65. The summed E-state index contributed by atoms with van der Waals surface area (Å²) >= 11 is 0. The number of hydrogen-bond donors (Lipinski definition) is 0. The molecule has 198 valence electrons. The number of rotatable bonds is 6. The van der Waals surface area contributed by atoms with Gasteiger partial charge in [0.25, 0.3) is 0 Å². The summed E-state index contributed by atoms with van der Waals surface area (Å²) in [5, 5.41) is 0. The Balaban J connectivity index is 1.36.